The topological polar surface area (TPSA) is 91.8 Å². The van der Waals surface area contributed by atoms with Gasteiger partial charge in [-0.15, -0.1) is 0 Å². The van der Waals surface area contributed by atoms with Crippen molar-refractivity contribution in [3.8, 4) is 0 Å². The number of likely N-dealkylation sites (tertiary alicyclic amines) is 1. The van der Waals surface area contributed by atoms with Gasteiger partial charge in [0, 0.05) is 18.4 Å². The largest absolute Gasteiger partial charge is 0.352 e. The molecule has 3 unspecified atom stereocenters. The number of amides is 3. The van der Waals surface area contributed by atoms with Crippen molar-refractivity contribution in [2.24, 2.45) is 5.92 Å². The van der Waals surface area contributed by atoms with Gasteiger partial charge >= 0.3 is 0 Å². The van der Waals surface area contributed by atoms with Crippen molar-refractivity contribution in [3.05, 3.63) is 66.0 Å². The van der Waals surface area contributed by atoms with Crippen molar-refractivity contribution in [1.29, 1.82) is 0 Å². The zero-order chi connectivity index (χ0) is 22.7. The summed E-state index contributed by atoms with van der Waals surface area (Å²) in [6.07, 6.45) is 3.98. The number of nitrogens with one attached hydrogen (secondary N) is 1. The van der Waals surface area contributed by atoms with E-state index < -0.39 is 18.1 Å². The number of fused-ring (bicyclic) bond motifs is 1. The predicted octanol–water partition coefficient (Wildman–Crippen LogP) is 2.23. The van der Waals surface area contributed by atoms with E-state index in [2.05, 4.69) is 10.3 Å². The van der Waals surface area contributed by atoms with E-state index in [4.69, 9.17) is 4.84 Å². The lowest BCUT2D eigenvalue weighted by Gasteiger charge is -2.27. The summed E-state index contributed by atoms with van der Waals surface area (Å²) in [5.74, 6) is -1.56. The minimum absolute atomic E-state index is 0.0598. The number of rotatable bonds is 8. The molecule has 1 aromatic carbocycles. The summed E-state index contributed by atoms with van der Waals surface area (Å²) < 4.78 is 0. The molecule has 4 rings (SSSR count). The Morgan fingerprint density at radius 3 is 2.41 bits per heavy atom. The van der Waals surface area contributed by atoms with E-state index in [-0.39, 0.29) is 36.9 Å². The van der Waals surface area contributed by atoms with Gasteiger partial charge in [0.05, 0.1) is 18.5 Å². The minimum Gasteiger partial charge on any atom is -0.352 e. The molecule has 0 saturated carbocycles. The first-order valence-electron chi connectivity index (χ1n) is 11.0. The van der Waals surface area contributed by atoms with Crippen LogP contribution in [0.2, 0.25) is 0 Å². The number of hydrogen-bond acceptors (Lipinski definition) is 6. The lowest BCUT2D eigenvalue weighted by Crippen LogP contribution is -2.43. The number of hydrogen-bond donors (Lipinski definition) is 1. The van der Waals surface area contributed by atoms with Crippen molar-refractivity contribution in [3.63, 3.8) is 0 Å². The normalized spacial score (nSPS) is 23.1. The van der Waals surface area contributed by atoms with Gasteiger partial charge in [0.15, 0.2) is 6.10 Å². The summed E-state index contributed by atoms with van der Waals surface area (Å²) in [5.41, 5.74) is 1.65. The molecule has 168 valence electrons. The molecular formula is C24H28N4O4. The summed E-state index contributed by atoms with van der Waals surface area (Å²) in [4.78, 5) is 50.4. The fourth-order valence-electron chi connectivity index (χ4n) is 4.43. The standard InChI is InChI=1S/C24H28N4O4/c1-3-18(4-2)26-19(29)15-28-21(17-10-12-25-13-11-17)20-22(32-28)24(31)27(23(20)30)14-16-8-6-5-7-9-16/h5-13,18,20-22H,3-4,14-15H2,1-2H3,(H,26,29). The van der Waals surface area contributed by atoms with Crippen LogP contribution in [0.15, 0.2) is 54.9 Å². The summed E-state index contributed by atoms with van der Waals surface area (Å²) >= 11 is 0. The van der Waals surface area contributed by atoms with Gasteiger partial charge in [-0.1, -0.05) is 44.2 Å². The van der Waals surface area contributed by atoms with E-state index in [0.29, 0.717) is 0 Å². The van der Waals surface area contributed by atoms with E-state index in [1.54, 1.807) is 24.5 Å². The lowest BCUT2D eigenvalue weighted by atomic mass is 9.91. The molecule has 1 N–H and O–H groups in total. The SMILES string of the molecule is CCC(CC)NC(=O)CN1OC2C(=O)N(Cc3ccccc3)C(=O)C2C1c1ccncc1. The minimum atomic E-state index is -0.940. The van der Waals surface area contributed by atoms with Crippen LogP contribution in [0.4, 0.5) is 0 Å². The van der Waals surface area contributed by atoms with Crippen LogP contribution in [-0.4, -0.2) is 51.4 Å². The molecule has 2 fully saturated rings. The average Bonchev–Trinajstić information content (AvgIpc) is 3.29. The Hall–Kier alpha value is -3.10. The molecule has 2 aliphatic heterocycles. The molecule has 2 saturated heterocycles. The van der Waals surface area contributed by atoms with Gasteiger partial charge in [0.1, 0.15) is 6.54 Å². The van der Waals surface area contributed by atoms with Crippen molar-refractivity contribution in [2.45, 2.75) is 51.4 Å². The first-order valence-corrected chi connectivity index (χ1v) is 11.0. The molecule has 8 heteroatoms. The average molecular weight is 437 g/mol. The molecular weight excluding hydrogens is 408 g/mol. The predicted molar refractivity (Wildman–Crippen MR) is 117 cm³/mol. The van der Waals surface area contributed by atoms with Gasteiger partial charge in [0.2, 0.25) is 11.8 Å². The fourth-order valence-corrected chi connectivity index (χ4v) is 4.43. The van der Waals surface area contributed by atoms with Gasteiger partial charge in [-0.2, -0.15) is 5.06 Å². The van der Waals surface area contributed by atoms with E-state index in [1.807, 2.05) is 44.2 Å². The number of carbonyl (C=O) groups excluding carboxylic acids is 3. The van der Waals surface area contributed by atoms with Crippen molar-refractivity contribution in [2.75, 3.05) is 6.54 Å². The third-order valence-corrected chi connectivity index (χ3v) is 6.17. The zero-order valence-corrected chi connectivity index (χ0v) is 18.3. The van der Waals surface area contributed by atoms with E-state index in [0.717, 1.165) is 24.0 Å². The second-order valence-electron chi connectivity index (χ2n) is 8.18. The Balaban J connectivity index is 1.57. The highest BCUT2D eigenvalue weighted by molar-refractivity contribution is 6.07. The molecule has 0 bridgehead atoms. The highest BCUT2D eigenvalue weighted by atomic mass is 16.7. The highest BCUT2D eigenvalue weighted by Gasteiger charge is 2.59. The molecule has 0 aliphatic carbocycles. The van der Waals surface area contributed by atoms with Crippen LogP contribution >= 0.6 is 0 Å². The number of imide groups is 1. The third kappa shape index (κ3) is 4.28. The Labute approximate surface area is 187 Å². The van der Waals surface area contributed by atoms with E-state index in [9.17, 15) is 14.4 Å². The quantitative estimate of drug-likeness (QED) is 0.638. The van der Waals surface area contributed by atoms with E-state index in [1.165, 1.54) is 9.96 Å². The smallest absolute Gasteiger partial charge is 0.261 e. The van der Waals surface area contributed by atoms with Crippen LogP contribution in [0.3, 0.4) is 0 Å². The molecule has 32 heavy (non-hydrogen) atoms. The van der Waals surface area contributed by atoms with Crippen LogP contribution in [-0.2, 0) is 25.8 Å². The second kappa shape index (κ2) is 9.58. The van der Waals surface area contributed by atoms with Gasteiger partial charge in [-0.05, 0) is 36.1 Å². The Bertz CT molecular complexity index is 964. The molecule has 2 aliphatic rings. The van der Waals surface area contributed by atoms with Crippen LogP contribution in [0.5, 0.6) is 0 Å². The fraction of sp³-hybridized carbons (Fsp3) is 0.417. The van der Waals surface area contributed by atoms with E-state index >= 15 is 0 Å². The van der Waals surface area contributed by atoms with Gasteiger partial charge < -0.3 is 5.32 Å². The number of aromatic nitrogens is 1. The van der Waals surface area contributed by atoms with Crippen molar-refractivity contribution >= 4 is 17.7 Å². The maximum Gasteiger partial charge on any atom is 0.261 e. The molecule has 3 amide bonds. The molecule has 2 aromatic rings. The first-order chi connectivity index (χ1) is 15.5. The Morgan fingerprint density at radius 2 is 1.75 bits per heavy atom. The third-order valence-electron chi connectivity index (χ3n) is 6.17. The molecule has 3 atom stereocenters. The van der Waals surface area contributed by atoms with Crippen LogP contribution in [0, 0.1) is 5.92 Å². The Morgan fingerprint density at radius 1 is 1.06 bits per heavy atom. The van der Waals surface area contributed by atoms with Crippen molar-refractivity contribution in [1.82, 2.24) is 20.3 Å². The van der Waals surface area contributed by atoms with Gasteiger partial charge in [-0.3, -0.25) is 29.1 Å². The lowest BCUT2D eigenvalue weighted by molar-refractivity contribution is -0.183. The van der Waals surface area contributed by atoms with Crippen molar-refractivity contribution < 1.29 is 19.2 Å². The van der Waals surface area contributed by atoms with Gasteiger partial charge in [0.25, 0.3) is 5.91 Å². The monoisotopic (exact) mass is 436 g/mol. The Kier molecular flexibility index (Phi) is 6.62. The number of hydroxylamine groups is 2. The maximum absolute atomic E-state index is 13.4. The molecule has 8 nitrogen and oxygen atoms in total. The van der Waals surface area contributed by atoms with Crippen LogP contribution < -0.4 is 5.32 Å². The second-order valence-corrected chi connectivity index (χ2v) is 8.18. The number of carbonyl (C=O) groups is 3. The van der Waals surface area contributed by atoms with Crippen LogP contribution in [0.1, 0.15) is 43.9 Å². The summed E-state index contributed by atoms with van der Waals surface area (Å²) in [7, 11) is 0. The number of nitrogens with zero attached hydrogens (tertiary/aromatic N) is 3. The maximum atomic E-state index is 13.4. The molecule has 0 radical (unpaired) electrons. The molecule has 3 heterocycles. The summed E-state index contributed by atoms with van der Waals surface area (Å²) in [5, 5.41) is 4.48. The first kappa shape index (κ1) is 22.1. The highest BCUT2D eigenvalue weighted by Crippen LogP contribution is 2.44. The molecule has 1 aromatic heterocycles. The zero-order valence-electron chi connectivity index (χ0n) is 18.3. The number of benzene rings is 1. The van der Waals surface area contributed by atoms with Crippen LogP contribution in [0.25, 0.3) is 0 Å². The number of pyridine rings is 1. The molecule has 0 spiro atoms. The van der Waals surface area contributed by atoms with Gasteiger partial charge in [-0.25, -0.2) is 0 Å². The summed E-state index contributed by atoms with van der Waals surface area (Å²) in [6, 6.07) is 12.5. The summed E-state index contributed by atoms with van der Waals surface area (Å²) in [6.45, 7) is 4.18.